The Morgan fingerprint density at radius 3 is 2.35 bits per heavy atom. The first-order chi connectivity index (χ1) is 10.9. The second-order valence-corrected chi connectivity index (χ2v) is 7.34. The van der Waals surface area contributed by atoms with E-state index in [4.69, 9.17) is 14.2 Å². The van der Waals surface area contributed by atoms with E-state index in [1.54, 1.807) is 4.90 Å². The van der Waals surface area contributed by atoms with Gasteiger partial charge in [-0.05, 0) is 33.6 Å². The van der Waals surface area contributed by atoms with Crippen molar-refractivity contribution in [1.82, 2.24) is 4.90 Å². The van der Waals surface area contributed by atoms with Gasteiger partial charge in [0, 0.05) is 25.7 Å². The predicted molar refractivity (Wildman–Crippen MR) is 91.7 cm³/mol. The number of ether oxygens (including phenoxy) is 3. The second-order valence-electron chi connectivity index (χ2n) is 7.34. The van der Waals surface area contributed by atoms with Crippen LogP contribution in [0.3, 0.4) is 0 Å². The molecule has 5 heteroatoms. The first-order valence-electron chi connectivity index (χ1n) is 9.04. The Labute approximate surface area is 141 Å². The molecule has 0 aromatic rings. The van der Waals surface area contributed by atoms with E-state index in [9.17, 15) is 4.79 Å². The molecule has 0 N–H and O–H groups in total. The lowest BCUT2D eigenvalue weighted by atomic mass is 10.1. The maximum Gasteiger partial charge on any atom is 0.410 e. The summed E-state index contributed by atoms with van der Waals surface area (Å²) in [7, 11) is 0. The average Bonchev–Trinajstić information content (AvgIpc) is 2.86. The summed E-state index contributed by atoms with van der Waals surface area (Å²) in [6.45, 7) is 13.4. The molecule has 1 unspecified atom stereocenters. The molecule has 0 aromatic heterocycles. The Bertz CT molecular complexity index is 340. The molecule has 23 heavy (non-hydrogen) atoms. The van der Waals surface area contributed by atoms with Crippen LogP contribution >= 0.6 is 0 Å². The number of rotatable bonds is 9. The SMILES string of the molecule is CCCCOC[C@H]1CN(C(=O)OC(C)(C)C)CC1OCCCC. The lowest BCUT2D eigenvalue weighted by molar-refractivity contribution is -0.00138. The van der Waals surface area contributed by atoms with E-state index >= 15 is 0 Å². The van der Waals surface area contributed by atoms with Crippen LogP contribution < -0.4 is 0 Å². The van der Waals surface area contributed by atoms with Gasteiger partial charge in [-0.2, -0.15) is 0 Å². The molecule has 0 bridgehead atoms. The van der Waals surface area contributed by atoms with Crippen LogP contribution in [0.2, 0.25) is 0 Å². The van der Waals surface area contributed by atoms with Crippen LogP contribution in [0.5, 0.6) is 0 Å². The minimum absolute atomic E-state index is 0.0516. The van der Waals surface area contributed by atoms with Crippen molar-refractivity contribution in [3.63, 3.8) is 0 Å². The molecule has 136 valence electrons. The third-order valence-corrected chi connectivity index (χ3v) is 3.84. The number of carbonyl (C=O) groups is 1. The standard InChI is InChI=1S/C18H35NO4/c1-6-8-10-21-14-15-12-19(17(20)23-18(3,4)5)13-16(15)22-11-9-7-2/h15-16H,6-14H2,1-5H3/t15-,16?/m1/s1. The van der Waals surface area contributed by atoms with Crippen molar-refractivity contribution in [3.05, 3.63) is 0 Å². The average molecular weight is 329 g/mol. The van der Waals surface area contributed by atoms with Gasteiger partial charge in [0.15, 0.2) is 0 Å². The van der Waals surface area contributed by atoms with E-state index in [1.165, 1.54) is 0 Å². The number of unbranched alkanes of at least 4 members (excludes halogenated alkanes) is 2. The van der Waals surface area contributed by atoms with Crippen LogP contribution in [-0.2, 0) is 14.2 Å². The first-order valence-corrected chi connectivity index (χ1v) is 9.04. The van der Waals surface area contributed by atoms with Crippen LogP contribution in [-0.4, -0.2) is 55.6 Å². The molecule has 0 aliphatic carbocycles. The fourth-order valence-electron chi connectivity index (χ4n) is 2.53. The molecule has 0 spiro atoms. The molecular formula is C18H35NO4. The molecule has 0 radical (unpaired) electrons. The fraction of sp³-hybridized carbons (Fsp3) is 0.944. The van der Waals surface area contributed by atoms with Crippen molar-refractivity contribution in [1.29, 1.82) is 0 Å². The monoisotopic (exact) mass is 329 g/mol. The predicted octanol–water partition coefficient (Wildman–Crippen LogP) is 3.86. The summed E-state index contributed by atoms with van der Waals surface area (Å²) in [4.78, 5) is 14.0. The number of nitrogens with zero attached hydrogens (tertiary/aromatic N) is 1. The Morgan fingerprint density at radius 1 is 1.09 bits per heavy atom. The molecular weight excluding hydrogens is 294 g/mol. The first kappa shape index (κ1) is 20.2. The highest BCUT2D eigenvalue weighted by atomic mass is 16.6. The van der Waals surface area contributed by atoms with E-state index in [0.717, 1.165) is 38.9 Å². The maximum atomic E-state index is 12.3. The summed E-state index contributed by atoms with van der Waals surface area (Å²) < 4.78 is 17.2. The number of carbonyl (C=O) groups excluding carboxylic acids is 1. The van der Waals surface area contributed by atoms with Gasteiger partial charge < -0.3 is 19.1 Å². The highest BCUT2D eigenvalue weighted by molar-refractivity contribution is 5.68. The van der Waals surface area contributed by atoms with E-state index in [0.29, 0.717) is 19.7 Å². The fourth-order valence-corrected chi connectivity index (χ4v) is 2.53. The molecule has 1 heterocycles. The lowest BCUT2D eigenvalue weighted by Gasteiger charge is -2.24. The van der Waals surface area contributed by atoms with E-state index in [1.807, 2.05) is 20.8 Å². The van der Waals surface area contributed by atoms with Gasteiger partial charge in [-0.25, -0.2) is 4.79 Å². The van der Waals surface area contributed by atoms with Gasteiger partial charge in [0.2, 0.25) is 0 Å². The molecule has 1 rings (SSSR count). The van der Waals surface area contributed by atoms with Crippen molar-refractivity contribution in [2.75, 3.05) is 32.9 Å². The zero-order valence-corrected chi connectivity index (χ0v) is 15.6. The highest BCUT2D eigenvalue weighted by Gasteiger charge is 2.37. The van der Waals surface area contributed by atoms with E-state index < -0.39 is 5.60 Å². The van der Waals surface area contributed by atoms with Gasteiger partial charge in [-0.3, -0.25) is 0 Å². The lowest BCUT2D eigenvalue weighted by Crippen LogP contribution is -2.36. The molecule has 5 nitrogen and oxygen atoms in total. The zero-order chi connectivity index (χ0) is 17.3. The maximum absolute atomic E-state index is 12.3. The molecule has 1 fully saturated rings. The molecule has 0 aromatic carbocycles. The Morgan fingerprint density at radius 2 is 1.74 bits per heavy atom. The topological polar surface area (TPSA) is 48.0 Å². The molecule has 0 saturated carbocycles. The molecule has 1 aliphatic rings. The van der Waals surface area contributed by atoms with Gasteiger partial charge in [0.25, 0.3) is 0 Å². The summed E-state index contributed by atoms with van der Waals surface area (Å²) in [5.41, 5.74) is -0.467. The number of hydrogen-bond donors (Lipinski definition) is 0. The van der Waals surface area contributed by atoms with Crippen molar-refractivity contribution in [2.45, 2.75) is 72.0 Å². The summed E-state index contributed by atoms with van der Waals surface area (Å²) >= 11 is 0. The molecule has 1 saturated heterocycles. The van der Waals surface area contributed by atoms with Gasteiger partial charge in [-0.1, -0.05) is 26.7 Å². The summed E-state index contributed by atoms with van der Waals surface area (Å²) in [5.74, 6) is 0.233. The summed E-state index contributed by atoms with van der Waals surface area (Å²) in [6, 6.07) is 0. The Balaban J connectivity index is 2.52. The van der Waals surface area contributed by atoms with Crippen molar-refractivity contribution in [2.24, 2.45) is 5.92 Å². The normalized spacial score (nSPS) is 21.7. The summed E-state index contributed by atoms with van der Waals surface area (Å²) in [5, 5.41) is 0. The van der Waals surface area contributed by atoms with Crippen molar-refractivity contribution in [3.8, 4) is 0 Å². The Kier molecular flexibility index (Phi) is 8.92. The van der Waals surface area contributed by atoms with Gasteiger partial charge in [0.1, 0.15) is 5.60 Å². The zero-order valence-electron chi connectivity index (χ0n) is 15.6. The minimum atomic E-state index is -0.467. The highest BCUT2D eigenvalue weighted by Crippen LogP contribution is 2.23. The van der Waals surface area contributed by atoms with Crippen LogP contribution in [0.25, 0.3) is 0 Å². The third-order valence-electron chi connectivity index (χ3n) is 3.84. The quantitative estimate of drug-likeness (QED) is 0.603. The smallest absolute Gasteiger partial charge is 0.410 e. The molecule has 1 aliphatic heterocycles. The number of likely N-dealkylation sites (tertiary alicyclic amines) is 1. The van der Waals surface area contributed by atoms with Crippen LogP contribution in [0.15, 0.2) is 0 Å². The molecule has 2 atom stereocenters. The van der Waals surface area contributed by atoms with Crippen LogP contribution in [0.4, 0.5) is 4.79 Å². The molecule has 1 amide bonds. The Hall–Kier alpha value is -0.810. The van der Waals surface area contributed by atoms with Crippen LogP contribution in [0.1, 0.15) is 60.3 Å². The largest absolute Gasteiger partial charge is 0.444 e. The summed E-state index contributed by atoms with van der Waals surface area (Å²) in [6.07, 6.45) is 4.16. The van der Waals surface area contributed by atoms with Gasteiger partial charge in [0.05, 0.1) is 19.3 Å². The van der Waals surface area contributed by atoms with Crippen molar-refractivity contribution < 1.29 is 19.0 Å². The van der Waals surface area contributed by atoms with Crippen molar-refractivity contribution >= 4 is 6.09 Å². The van der Waals surface area contributed by atoms with Crippen LogP contribution in [0, 0.1) is 5.92 Å². The second kappa shape index (κ2) is 10.1. The van der Waals surface area contributed by atoms with E-state index in [-0.39, 0.29) is 18.1 Å². The van der Waals surface area contributed by atoms with E-state index in [2.05, 4.69) is 13.8 Å². The number of amides is 1. The van der Waals surface area contributed by atoms with Gasteiger partial charge >= 0.3 is 6.09 Å². The number of hydrogen-bond acceptors (Lipinski definition) is 4. The van der Waals surface area contributed by atoms with Gasteiger partial charge in [-0.15, -0.1) is 0 Å². The third kappa shape index (κ3) is 8.02. The minimum Gasteiger partial charge on any atom is -0.444 e.